The van der Waals surface area contributed by atoms with Crippen LogP contribution < -0.4 is 0 Å². The summed E-state index contributed by atoms with van der Waals surface area (Å²) in [6.07, 6.45) is 2.15. The molecule has 2 atom stereocenters. The van der Waals surface area contributed by atoms with Gasteiger partial charge in [0.1, 0.15) is 0 Å². The van der Waals surface area contributed by atoms with E-state index in [1.807, 2.05) is 0 Å². The molecule has 0 aromatic carbocycles. The van der Waals surface area contributed by atoms with E-state index in [-0.39, 0.29) is 5.41 Å². The fraction of sp³-hybridized carbons (Fsp3) is 0.846. The zero-order valence-electron chi connectivity index (χ0n) is 11.2. The third-order valence-corrected chi connectivity index (χ3v) is 4.26. The molecule has 0 N–H and O–H groups in total. The lowest BCUT2D eigenvalue weighted by Gasteiger charge is -2.16. The van der Waals surface area contributed by atoms with E-state index in [1.54, 1.807) is 0 Å². The molecule has 0 amide bonds. The smallest absolute Gasteiger partial charge is 0.0880 e. The van der Waals surface area contributed by atoms with E-state index < -0.39 is 0 Å². The van der Waals surface area contributed by atoms with E-state index in [2.05, 4.69) is 53.8 Å². The summed E-state index contributed by atoms with van der Waals surface area (Å²) in [4.78, 5) is 2.54. The first kappa shape index (κ1) is 11.2. The first-order chi connectivity index (χ1) is 8.00. The van der Waals surface area contributed by atoms with Gasteiger partial charge in [0.2, 0.25) is 0 Å². The van der Waals surface area contributed by atoms with Crippen LogP contribution in [0, 0.1) is 11.8 Å². The summed E-state index contributed by atoms with van der Waals surface area (Å²) in [5.41, 5.74) is 1.22. The lowest BCUT2D eigenvalue weighted by molar-refractivity contribution is 0.293. The molecule has 1 saturated heterocycles. The Bertz CT molecular complexity index is 405. The van der Waals surface area contributed by atoms with Crippen LogP contribution in [0.25, 0.3) is 0 Å². The fourth-order valence-corrected chi connectivity index (χ4v) is 3.00. The molecule has 2 unspecified atom stereocenters. The van der Waals surface area contributed by atoms with Crippen LogP contribution in [-0.2, 0) is 5.41 Å². The average Bonchev–Trinajstić information content (AvgIpc) is 2.76. The summed E-state index contributed by atoms with van der Waals surface area (Å²) in [5.74, 6) is 1.65. The van der Waals surface area contributed by atoms with Crippen LogP contribution in [0.3, 0.4) is 0 Å². The van der Waals surface area contributed by atoms with Crippen LogP contribution in [0.15, 0.2) is 6.20 Å². The molecule has 1 saturated carbocycles. The molecule has 0 radical (unpaired) electrons. The minimum Gasteiger partial charge on any atom is -0.303 e. The standard InChI is InChI=1S/C13H22N4/c1-5-16-6-9-10(7-16)12(9)17-8-11(14-15-17)13(2,3)4/h8-10,12H,5-7H2,1-4H3. The van der Waals surface area contributed by atoms with Gasteiger partial charge in [0.15, 0.2) is 0 Å². The van der Waals surface area contributed by atoms with Gasteiger partial charge in [-0.1, -0.05) is 32.9 Å². The van der Waals surface area contributed by atoms with Crippen LogP contribution in [0.4, 0.5) is 0 Å². The molecule has 3 rings (SSSR count). The zero-order valence-corrected chi connectivity index (χ0v) is 11.2. The minimum absolute atomic E-state index is 0.109. The lowest BCUT2D eigenvalue weighted by Crippen LogP contribution is -2.24. The SMILES string of the molecule is CCN1CC2C(C1)C2n1cc(C(C)(C)C)nn1. The summed E-state index contributed by atoms with van der Waals surface area (Å²) in [6.45, 7) is 12.5. The number of likely N-dealkylation sites (tertiary alicyclic amines) is 1. The second kappa shape index (κ2) is 3.55. The van der Waals surface area contributed by atoms with Crippen molar-refractivity contribution in [2.45, 2.75) is 39.2 Å². The third-order valence-electron chi connectivity index (χ3n) is 4.26. The van der Waals surface area contributed by atoms with Crippen molar-refractivity contribution in [1.82, 2.24) is 19.9 Å². The summed E-state index contributed by atoms with van der Waals surface area (Å²) in [7, 11) is 0. The molecule has 2 heterocycles. The second-order valence-corrected chi connectivity index (χ2v) is 6.50. The van der Waals surface area contributed by atoms with E-state index in [0.29, 0.717) is 6.04 Å². The molecule has 94 valence electrons. The normalized spacial score (nSPS) is 32.8. The molecule has 1 aromatic heterocycles. The van der Waals surface area contributed by atoms with Gasteiger partial charge in [0.25, 0.3) is 0 Å². The number of piperidine rings is 1. The minimum atomic E-state index is 0.109. The molecule has 1 aliphatic heterocycles. The highest BCUT2D eigenvalue weighted by atomic mass is 15.5. The maximum atomic E-state index is 4.33. The van der Waals surface area contributed by atoms with E-state index >= 15 is 0 Å². The van der Waals surface area contributed by atoms with Gasteiger partial charge in [-0.15, -0.1) is 5.10 Å². The second-order valence-electron chi connectivity index (χ2n) is 6.50. The first-order valence-corrected chi connectivity index (χ1v) is 6.65. The largest absolute Gasteiger partial charge is 0.303 e. The fourth-order valence-electron chi connectivity index (χ4n) is 3.00. The van der Waals surface area contributed by atoms with E-state index in [0.717, 1.165) is 17.5 Å². The highest BCUT2D eigenvalue weighted by Crippen LogP contribution is 2.54. The summed E-state index contributed by atoms with van der Waals surface area (Å²) in [6, 6.07) is 0.626. The van der Waals surface area contributed by atoms with Gasteiger partial charge in [0.05, 0.1) is 11.7 Å². The number of aromatic nitrogens is 3. The molecule has 4 nitrogen and oxygen atoms in total. The monoisotopic (exact) mass is 234 g/mol. The van der Waals surface area contributed by atoms with Gasteiger partial charge in [-0.3, -0.25) is 0 Å². The molecule has 1 aromatic rings. The van der Waals surface area contributed by atoms with Crippen molar-refractivity contribution in [3.8, 4) is 0 Å². The molecule has 0 spiro atoms. The number of hydrogen-bond acceptors (Lipinski definition) is 3. The number of fused-ring (bicyclic) bond motifs is 1. The van der Waals surface area contributed by atoms with Crippen LogP contribution in [0.1, 0.15) is 39.4 Å². The first-order valence-electron chi connectivity index (χ1n) is 6.65. The lowest BCUT2D eigenvalue weighted by atomic mass is 9.93. The van der Waals surface area contributed by atoms with Crippen molar-refractivity contribution in [3.05, 3.63) is 11.9 Å². The topological polar surface area (TPSA) is 34.0 Å². The van der Waals surface area contributed by atoms with Crippen LogP contribution in [-0.4, -0.2) is 39.5 Å². The van der Waals surface area contributed by atoms with Crippen molar-refractivity contribution in [2.24, 2.45) is 11.8 Å². The Labute approximate surface area is 103 Å². The van der Waals surface area contributed by atoms with Crippen molar-refractivity contribution in [3.63, 3.8) is 0 Å². The zero-order chi connectivity index (χ0) is 12.2. The summed E-state index contributed by atoms with van der Waals surface area (Å²) >= 11 is 0. The summed E-state index contributed by atoms with van der Waals surface area (Å²) in [5, 5.41) is 8.64. The Morgan fingerprint density at radius 2 is 1.94 bits per heavy atom. The van der Waals surface area contributed by atoms with Gasteiger partial charge < -0.3 is 4.90 Å². The molecule has 2 fully saturated rings. The third kappa shape index (κ3) is 1.79. The average molecular weight is 234 g/mol. The van der Waals surface area contributed by atoms with Gasteiger partial charge in [-0.2, -0.15) is 0 Å². The maximum Gasteiger partial charge on any atom is 0.0880 e. The number of nitrogens with zero attached hydrogens (tertiary/aromatic N) is 4. The molecule has 4 heteroatoms. The highest BCUT2D eigenvalue weighted by molar-refractivity contribution is 5.12. The van der Waals surface area contributed by atoms with Crippen LogP contribution in [0.5, 0.6) is 0 Å². The summed E-state index contributed by atoms with van der Waals surface area (Å²) < 4.78 is 2.11. The molecule has 2 aliphatic rings. The van der Waals surface area contributed by atoms with Gasteiger partial charge in [0, 0.05) is 36.5 Å². The Hall–Kier alpha value is -0.900. The van der Waals surface area contributed by atoms with Crippen LogP contribution >= 0.6 is 0 Å². The molecular formula is C13H22N4. The van der Waals surface area contributed by atoms with Gasteiger partial charge in [-0.25, -0.2) is 4.68 Å². The molecule has 0 bridgehead atoms. The Morgan fingerprint density at radius 1 is 1.29 bits per heavy atom. The quantitative estimate of drug-likeness (QED) is 0.781. The van der Waals surface area contributed by atoms with Gasteiger partial charge >= 0.3 is 0 Å². The highest BCUT2D eigenvalue weighted by Gasteiger charge is 2.57. The molecule has 1 aliphatic carbocycles. The Balaban J connectivity index is 1.71. The Kier molecular flexibility index (Phi) is 2.34. The van der Waals surface area contributed by atoms with Crippen molar-refractivity contribution in [1.29, 1.82) is 0 Å². The van der Waals surface area contributed by atoms with E-state index in [9.17, 15) is 0 Å². The predicted molar refractivity (Wildman–Crippen MR) is 66.9 cm³/mol. The van der Waals surface area contributed by atoms with E-state index in [4.69, 9.17) is 0 Å². The number of hydrogen-bond donors (Lipinski definition) is 0. The van der Waals surface area contributed by atoms with E-state index in [1.165, 1.54) is 19.6 Å². The van der Waals surface area contributed by atoms with Crippen molar-refractivity contribution < 1.29 is 0 Å². The Morgan fingerprint density at radius 3 is 2.41 bits per heavy atom. The number of rotatable bonds is 2. The van der Waals surface area contributed by atoms with Crippen molar-refractivity contribution in [2.75, 3.05) is 19.6 Å². The predicted octanol–water partition coefficient (Wildman–Crippen LogP) is 1.70. The molecule has 17 heavy (non-hydrogen) atoms. The molecular weight excluding hydrogens is 212 g/mol. The van der Waals surface area contributed by atoms with Crippen molar-refractivity contribution >= 4 is 0 Å². The van der Waals surface area contributed by atoms with Gasteiger partial charge in [-0.05, 0) is 6.54 Å². The maximum absolute atomic E-state index is 4.33. The van der Waals surface area contributed by atoms with Crippen LogP contribution in [0.2, 0.25) is 0 Å².